The second-order valence-electron chi connectivity index (χ2n) is 6.55. The van der Waals surface area contributed by atoms with Crippen LogP contribution in [0.2, 0.25) is 0 Å². The number of benzene rings is 2. The first-order valence-corrected chi connectivity index (χ1v) is 8.78. The number of nitrogens with zero attached hydrogens (tertiary/aromatic N) is 4. The van der Waals surface area contributed by atoms with E-state index in [1.54, 1.807) is 16.9 Å². The highest BCUT2D eigenvalue weighted by Gasteiger charge is 2.15. The van der Waals surface area contributed by atoms with Crippen molar-refractivity contribution >= 4 is 21.9 Å². The lowest BCUT2D eigenvalue weighted by atomic mass is 10.1. The van der Waals surface area contributed by atoms with E-state index in [0.717, 1.165) is 39.8 Å². The molecule has 0 unspecified atom stereocenters. The minimum Gasteiger partial charge on any atom is -0.247 e. The summed E-state index contributed by atoms with van der Waals surface area (Å²) in [4.78, 5) is 9.32. The van der Waals surface area contributed by atoms with E-state index in [2.05, 4.69) is 10.1 Å². The zero-order chi connectivity index (χ0) is 19.3. The Bertz CT molecular complexity index is 1340. The second kappa shape index (κ2) is 6.20. The predicted molar refractivity (Wildman–Crippen MR) is 104 cm³/mol. The van der Waals surface area contributed by atoms with Gasteiger partial charge in [-0.1, -0.05) is 18.2 Å². The number of halogens is 2. The summed E-state index contributed by atoms with van der Waals surface area (Å²) in [6.07, 6.45) is 1.75. The van der Waals surface area contributed by atoms with Gasteiger partial charge in [-0.25, -0.2) is 23.4 Å². The number of fused-ring (bicyclic) bond motifs is 3. The van der Waals surface area contributed by atoms with Gasteiger partial charge >= 0.3 is 0 Å². The van der Waals surface area contributed by atoms with E-state index >= 15 is 0 Å². The second-order valence-corrected chi connectivity index (χ2v) is 6.55. The normalized spacial score (nSPS) is 11.4. The highest BCUT2D eigenvalue weighted by atomic mass is 19.2. The van der Waals surface area contributed by atoms with Crippen molar-refractivity contribution in [2.75, 3.05) is 0 Å². The van der Waals surface area contributed by atoms with E-state index in [1.807, 2.05) is 43.3 Å². The number of rotatable bonds is 2. The molecule has 0 fully saturated rings. The van der Waals surface area contributed by atoms with Gasteiger partial charge in [-0.05, 0) is 49.4 Å². The Labute approximate surface area is 159 Å². The van der Waals surface area contributed by atoms with E-state index in [9.17, 15) is 8.78 Å². The largest absolute Gasteiger partial charge is 0.247 e. The van der Waals surface area contributed by atoms with Crippen molar-refractivity contribution in [3.8, 4) is 16.9 Å². The van der Waals surface area contributed by atoms with Crippen molar-refractivity contribution in [2.45, 2.75) is 6.92 Å². The Hall–Kier alpha value is -3.67. The minimum absolute atomic E-state index is 0.513. The lowest BCUT2D eigenvalue weighted by Gasteiger charge is -2.06. The van der Waals surface area contributed by atoms with Crippen LogP contribution in [0.25, 0.3) is 38.9 Å². The molecule has 0 saturated heterocycles. The molecule has 3 heterocycles. The summed E-state index contributed by atoms with van der Waals surface area (Å²) in [6, 6.07) is 17.2. The number of pyridine rings is 2. The van der Waals surface area contributed by atoms with Gasteiger partial charge in [0.2, 0.25) is 0 Å². The first kappa shape index (κ1) is 16.5. The maximum atomic E-state index is 13.7. The first-order valence-electron chi connectivity index (χ1n) is 8.78. The monoisotopic (exact) mass is 372 g/mol. The van der Waals surface area contributed by atoms with Crippen LogP contribution in [0.15, 0.2) is 66.9 Å². The number of hydrogen-bond donors (Lipinski definition) is 0. The van der Waals surface area contributed by atoms with E-state index in [-0.39, 0.29) is 0 Å². The summed E-state index contributed by atoms with van der Waals surface area (Å²) in [6.45, 7) is 1.91. The van der Waals surface area contributed by atoms with E-state index in [1.165, 1.54) is 6.07 Å². The summed E-state index contributed by atoms with van der Waals surface area (Å²) in [5.41, 5.74) is 4.21. The van der Waals surface area contributed by atoms with Crippen LogP contribution in [0.5, 0.6) is 0 Å². The third-order valence-electron chi connectivity index (χ3n) is 4.74. The van der Waals surface area contributed by atoms with E-state index < -0.39 is 11.6 Å². The SMILES string of the molecule is Cc1nn(-c2ccccc2)c2ncc3ccc(-c4ccc(F)c(F)c4)nc3c12. The number of para-hydroxylation sites is 1. The van der Waals surface area contributed by atoms with Gasteiger partial charge in [0.15, 0.2) is 17.3 Å². The molecule has 5 rings (SSSR count). The maximum absolute atomic E-state index is 13.7. The molecule has 0 spiro atoms. The number of hydrogen-bond acceptors (Lipinski definition) is 3. The molecule has 0 bridgehead atoms. The van der Waals surface area contributed by atoms with Gasteiger partial charge in [-0.2, -0.15) is 5.10 Å². The maximum Gasteiger partial charge on any atom is 0.165 e. The molecule has 0 atom stereocenters. The average molecular weight is 372 g/mol. The van der Waals surface area contributed by atoms with E-state index in [0.29, 0.717) is 16.9 Å². The summed E-state index contributed by atoms with van der Waals surface area (Å²) in [5.74, 6) is -1.77. The molecule has 0 saturated carbocycles. The molecule has 0 aliphatic rings. The van der Waals surface area contributed by atoms with Crippen molar-refractivity contribution < 1.29 is 8.78 Å². The smallest absolute Gasteiger partial charge is 0.165 e. The molecule has 6 heteroatoms. The fraction of sp³-hybridized carbons (Fsp3) is 0.0455. The molecule has 3 aromatic heterocycles. The lowest BCUT2D eigenvalue weighted by molar-refractivity contribution is 0.509. The third kappa shape index (κ3) is 2.53. The summed E-state index contributed by atoms with van der Waals surface area (Å²) < 4.78 is 28.7. The Morgan fingerprint density at radius 1 is 0.893 bits per heavy atom. The molecule has 5 aromatic rings. The van der Waals surface area contributed by atoms with Gasteiger partial charge in [-0.15, -0.1) is 0 Å². The van der Waals surface area contributed by atoms with Crippen LogP contribution >= 0.6 is 0 Å². The summed E-state index contributed by atoms with van der Waals surface area (Å²) in [5, 5.41) is 6.34. The third-order valence-corrected chi connectivity index (χ3v) is 4.74. The number of aromatic nitrogens is 4. The van der Waals surface area contributed by atoms with Crippen LogP contribution < -0.4 is 0 Å². The van der Waals surface area contributed by atoms with Gasteiger partial charge in [0.1, 0.15) is 0 Å². The van der Waals surface area contributed by atoms with Crippen LogP contribution in [-0.2, 0) is 0 Å². The fourth-order valence-corrected chi connectivity index (χ4v) is 3.38. The van der Waals surface area contributed by atoms with Crippen molar-refractivity contribution in [3.63, 3.8) is 0 Å². The van der Waals surface area contributed by atoms with Gasteiger partial charge < -0.3 is 0 Å². The molecular formula is C22H14F2N4. The van der Waals surface area contributed by atoms with Crippen molar-refractivity contribution in [1.82, 2.24) is 19.7 Å². The standard InChI is InChI=1S/C22H14F2N4/c1-13-20-21-15(8-10-19(26-21)14-7-9-17(23)18(24)11-14)12-25-22(20)28(27-13)16-5-3-2-4-6-16/h2-12H,1H3. The van der Waals surface area contributed by atoms with Crippen LogP contribution in [-0.4, -0.2) is 19.7 Å². The molecule has 0 aliphatic heterocycles. The van der Waals surface area contributed by atoms with Crippen LogP contribution in [0.3, 0.4) is 0 Å². The number of aryl methyl sites for hydroxylation is 1. The molecular weight excluding hydrogens is 358 g/mol. The topological polar surface area (TPSA) is 43.6 Å². The van der Waals surface area contributed by atoms with Gasteiger partial charge in [-0.3, -0.25) is 0 Å². The van der Waals surface area contributed by atoms with Crippen LogP contribution in [0, 0.1) is 18.6 Å². The van der Waals surface area contributed by atoms with Crippen molar-refractivity contribution in [2.24, 2.45) is 0 Å². The minimum atomic E-state index is -0.896. The van der Waals surface area contributed by atoms with Gasteiger partial charge in [0.05, 0.1) is 28.0 Å². The Kier molecular flexibility index (Phi) is 3.65. The summed E-state index contributed by atoms with van der Waals surface area (Å²) >= 11 is 0. The molecule has 0 N–H and O–H groups in total. The van der Waals surface area contributed by atoms with Gasteiger partial charge in [0.25, 0.3) is 0 Å². The fourth-order valence-electron chi connectivity index (χ4n) is 3.38. The predicted octanol–water partition coefficient (Wildman–Crippen LogP) is 5.22. The van der Waals surface area contributed by atoms with Crippen molar-refractivity contribution in [1.29, 1.82) is 0 Å². The Morgan fingerprint density at radius 3 is 2.50 bits per heavy atom. The zero-order valence-corrected chi connectivity index (χ0v) is 14.9. The highest BCUT2D eigenvalue weighted by molar-refractivity contribution is 6.04. The first-order chi connectivity index (χ1) is 13.6. The molecule has 0 radical (unpaired) electrons. The Balaban J connectivity index is 1.77. The van der Waals surface area contributed by atoms with Gasteiger partial charge in [0, 0.05) is 17.1 Å². The average Bonchev–Trinajstić information content (AvgIpc) is 3.07. The lowest BCUT2D eigenvalue weighted by Crippen LogP contribution is -1.97. The quantitative estimate of drug-likeness (QED) is 0.427. The molecule has 28 heavy (non-hydrogen) atoms. The molecule has 4 nitrogen and oxygen atoms in total. The Morgan fingerprint density at radius 2 is 1.71 bits per heavy atom. The molecule has 136 valence electrons. The molecule has 0 aliphatic carbocycles. The van der Waals surface area contributed by atoms with E-state index in [4.69, 9.17) is 4.98 Å². The molecule has 2 aromatic carbocycles. The molecule has 0 amide bonds. The highest BCUT2D eigenvalue weighted by Crippen LogP contribution is 2.29. The van der Waals surface area contributed by atoms with Crippen LogP contribution in [0.4, 0.5) is 8.78 Å². The van der Waals surface area contributed by atoms with Crippen LogP contribution in [0.1, 0.15) is 5.69 Å². The summed E-state index contributed by atoms with van der Waals surface area (Å²) in [7, 11) is 0. The zero-order valence-electron chi connectivity index (χ0n) is 14.9. The van der Waals surface area contributed by atoms with Crippen molar-refractivity contribution in [3.05, 3.63) is 84.2 Å².